The zero-order valence-electron chi connectivity index (χ0n) is 21.2. The molecule has 6 heteroatoms. The lowest BCUT2D eigenvalue weighted by Crippen LogP contribution is -2.63. The van der Waals surface area contributed by atoms with Crippen molar-refractivity contribution in [3.8, 4) is 0 Å². The third-order valence-electron chi connectivity index (χ3n) is 7.17. The molecule has 2 atom stereocenters. The molecule has 6 nitrogen and oxygen atoms in total. The molecule has 3 rings (SSSR count). The van der Waals surface area contributed by atoms with Crippen molar-refractivity contribution < 1.29 is 14.7 Å². The van der Waals surface area contributed by atoms with Crippen molar-refractivity contribution in [1.29, 1.82) is 0 Å². The zero-order valence-corrected chi connectivity index (χ0v) is 21.2. The van der Waals surface area contributed by atoms with Crippen molar-refractivity contribution in [2.45, 2.75) is 65.3 Å². The van der Waals surface area contributed by atoms with Gasteiger partial charge in [-0.15, -0.1) is 0 Å². The summed E-state index contributed by atoms with van der Waals surface area (Å²) in [6.45, 7) is 12.4. The van der Waals surface area contributed by atoms with Gasteiger partial charge in [-0.25, -0.2) is 4.79 Å². The number of likely N-dealkylation sites (N-methyl/N-ethyl adjacent to an activating group) is 1. The second-order valence-corrected chi connectivity index (χ2v) is 9.51. The van der Waals surface area contributed by atoms with E-state index in [1.165, 1.54) is 10.5 Å². The maximum absolute atomic E-state index is 14.1. The summed E-state index contributed by atoms with van der Waals surface area (Å²) >= 11 is 0. The van der Waals surface area contributed by atoms with E-state index in [4.69, 9.17) is 0 Å². The highest BCUT2D eigenvalue weighted by molar-refractivity contribution is 6.01. The van der Waals surface area contributed by atoms with Crippen LogP contribution in [0, 0.1) is 5.92 Å². The van der Waals surface area contributed by atoms with E-state index in [0.717, 1.165) is 30.8 Å². The first-order valence-electron chi connectivity index (χ1n) is 12.5. The van der Waals surface area contributed by atoms with E-state index in [0.29, 0.717) is 24.4 Å². The van der Waals surface area contributed by atoms with E-state index in [2.05, 4.69) is 50.0 Å². The summed E-state index contributed by atoms with van der Waals surface area (Å²) in [6.07, 6.45) is 0.811. The number of amides is 2. The van der Waals surface area contributed by atoms with E-state index < -0.39 is 11.6 Å². The minimum atomic E-state index is -1.17. The second-order valence-electron chi connectivity index (χ2n) is 9.51. The Balaban J connectivity index is 2.05. The fraction of sp³-hybridized carbons (Fsp3) is 0.500. The Hall–Kier alpha value is -3.02. The van der Waals surface area contributed by atoms with E-state index in [9.17, 15) is 14.7 Å². The quantitative estimate of drug-likeness (QED) is 0.477. The van der Waals surface area contributed by atoms with Crippen LogP contribution >= 0.6 is 0 Å². The molecule has 2 N–H and O–H groups in total. The molecule has 2 aromatic carbocycles. The lowest BCUT2D eigenvalue weighted by atomic mass is 9.65. The molecular formula is C28H39N3O3. The van der Waals surface area contributed by atoms with Crippen LogP contribution in [0.3, 0.4) is 0 Å². The van der Waals surface area contributed by atoms with Crippen LogP contribution in [-0.2, 0) is 11.2 Å². The first-order chi connectivity index (χ1) is 16.3. The Bertz CT molecular complexity index is 985. The summed E-state index contributed by atoms with van der Waals surface area (Å²) in [6, 6.07) is 16.0. The molecule has 1 unspecified atom stereocenters. The molecule has 184 valence electrons. The number of carbonyl (C=O) groups is 2. The van der Waals surface area contributed by atoms with Gasteiger partial charge >= 0.3 is 6.09 Å². The van der Waals surface area contributed by atoms with Gasteiger partial charge in [-0.1, -0.05) is 38.1 Å². The van der Waals surface area contributed by atoms with E-state index in [1.54, 1.807) is 0 Å². The fourth-order valence-electron chi connectivity index (χ4n) is 5.54. The summed E-state index contributed by atoms with van der Waals surface area (Å²) < 4.78 is 0. The van der Waals surface area contributed by atoms with Gasteiger partial charge in [-0.3, -0.25) is 9.69 Å². The van der Waals surface area contributed by atoms with Crippen LogP contribution in [0.5, 0.6) is 0 Å². The van der Waals surface area contributed by atoms with Crippen molar-refractivity contribution >= 4 is 23.4 Å². The molecule has 0 heterocycles. The standard InChI is InChI=1S/C28H39N3O3/c1-6-30(7-2)23-15-13-22(14-16-23)29-26(32)28(31(8-3)27(33)34)18-17-21-11-9-10-12-24(21)25(28)19-20(4)5/h9-16,20,25H,6-8,17-19H2,1-5H3,(H,29,32)(H,33,34)/t25?,28-/m1/s1. The van der Waals surface area contributed by atoms with Crippen LogP contribution < -0.4 is 10.2 Å². The number of hydrogen-bond acceptors (Lipinski definition) is 3. The summed E-state index contributed by atoms with van der Waals surface area (Å²) in [5.41, 5.74) is 2.92. The molecule has 0 radical (unpaired) electrons. The second kappa shape index (κ2) is 10.9. The van der Waals surface area contributed by atoms with Crippen molar-refractivity contribution in [1.82, 2.24) is 4.90 Å². The Labute approximate surface area is 204 Å². The molecule has 2 amide bonds. The zero-order chi connectivity index (χ0) is 24.9. The van der Waals surface area contributed by atoms with Crippen LogP contribution in [0.25, 0.3) is 0 Å². The molecule has 2 aromatic rings. The number of nitrogens with zero attached hydrogens (tertiary/aromatic N) is 2. The monoisotopic (exact) mass is 465 g/mol. The maximum Gasteiger partial charge on any atom is 0.408 e. The van der Waals surface area contributed by atoms with E-state index in [1.807, 2.05) is 43.3 Å². The highest BCUT2D eigenvalue weighted by atomic mass is 16.4. The largest absolute Gasteiger partial charge is 0.465 e. The van der Waals surface area contributed by atoms with Gasteiger partial charge in [0.2, 0.25) is 0 Å². The average Bonchev–Trinajstić information content (AvgIpc) is 2.82. The summed E-state index contributed by atoms with van der Waals surface area (Å²) in [7, 11) is 0. The van der Waals surface area contributed by atoms with Gasteiger partial charge < -0.3 is 15.3 Å². The lowest BCUT2D eigenvalue weighted by Gasteiger charge is -2.49. The predicted octanol–water partition coefficient (Wildman–Crippen LogP) is 5.99. The lowest BCUT2D eigenvalue weighted by molar-refractivity contribution is -0.130. The van der Waals surface area contributed by atoms with Crippen LogP contribution in [-0.4, -0.2) is 47.2 Å². The highest BCUT2D eigenvalue weighted by Gasteiger charge is 2.54. The number of aryl methyl sites for hydroxylation is 1. The Morgan fingerprint density at radius 1 is 1.03 bits per heavy atom. The summed E-state index contributed by atoms with van der Waals surface area (Å²) in [5, 5.41) is 13.3. The van der Waals surface area contributed by atoms with Crippen molar-refractivity contribution in [3.63, 3.8) is 0 Å². The van der Waals surface area contributed by atoms with Crippen molar-refractivity contribution in [2.75, 3.05) is 29.9 Å². The van der Waals surface area contributed by atoms with Gasteiger partial charge in [0.25, 0.3) is 5.91 Å². The number of fused-ring (bicyclic) bond motifs is 1. The van der Waals surface area contributed by atoms with Gasteiger partial charge in [0.1, 0.15) is 5.54 Å². The van der Waals surface area contributed by atoms with Crippen LogP contribution in [0.4, 0.5) is 16.2 Å². The number of benzene rings is 2. The molecule has 0 aliphatic heterocycles. The normalized spacial score (nSPS) is 19.4. The first-order valence-corrected chi connectivity index (χ1v) is 12.5. The maximum atomic E-state index is 14.1. The average molecular weight is 466 g/mol. The Kier molecular flexibility index (Phi) is 8.24. The third-order valence-corrected chi connectivity index (χ3v) is 7.17. The molecule has 0 spiro atoms. The van der Waals surface area contributed by atoms with Crippen molar-refractivity contribution in [2.24, 2.45) is 5.92 Å². The third kappa shape index (κ3) is 4.91. The molecule has 1 aliphatic carbocycles. The molecule has 34 heavy (non-hydrogen) atoms. The molecular weight excluding hydrogens is 426 g/mol. The summed E-state index contributed by atoms with van der Waals surface area (Å²) in [4.78, 5) is 30.2. The number of hydrogen-bond donors (Lipinski definition) is 2. The minimum Gasteiger partial charge on any atom is -0.465 e. The summed E-state index contributed by atoms with van der Waals surface area (Å²) in [5.74, 6) is -0.153. The van der Waals surface area contributed by atoms with E-state index in [-0.39, 0.29) is 18.4 Å². The SMILES string of the molecule is CCN(CC)c1ccc(NC(=O)[C@@]2(N(CC)C(=O)O)CCc3ccccc3C2CC(C)C)cc1. The first kappa shape index (κ1) is 25.6. The highest BCUT2D eigenvalue weighted by Crippen LogP contribution is 2.47. The van der Waals surface area contributed by atoms with Gasteiger partial charge in [-0.05, 0) is 81.3 Å². The van der Waals surface area contributed by atoms with Gasteiger partial charge in [-0.2, -0.15) is 0 Å². The van der Waals surface area contributed by atoms with E-state index >= 15 is 0 Å². The smallest absolute Gasteiger partial charge is 0.408 e. The number of carbonyl (C=O) groups excluding carboxylic acids is 1. The topological polar surface area (TPSA) is 72.9 Å². The fourth-order valence-corrected chi connectivity index (χ4v) is 5.54. The number of anilines is 2. The molecule has 1 aliphatic rings. The molecule has 0 saturated heterocycles. The Morgan fingerprint density at radius 3 is 2.24 bits per heavy atom. The number of nitrogens with one attached hydrogen (secondary N) is 1. The van der Waals surface area contributed by atoms with Crippen LogP contribution in [0.2, 0.25) is 0 Å². The Morgan fingerprint density at radius 2 is 1.68 bits per heavy atom. The molecule has 0 fully saturated rings. The van der Waals surface area contributed by atoms with Crippen LogP contribution in [0.15, 0.2) is 48.5 Å². The van der Waals surface area contributed by atoms with Gasteiger partial charge in [0.05, 0.1) is 0 Å². The molecule has 0 saturated carbocycles. The number of carboxylic acid groups (broad SMARTS) is 1. The van der Waals surface area contributed by atoms with Gasteiger partial charge in [0, 0.05) is 36.9 Å². The molecule has 0 aromatic heterocycles. The van der Waals surface area contributed by atoms with Gasteiger partial charge in [0.15, 0.2) is 0 Å². The minimum absolute atomic E-state index is 0.219. The molecule has 0 bridgehead atoms. The number of rotatable bonds is 9. The predicted molar refractivity (Wildman–Crippen MR) is 139 cm³/mol. The van der Waals surface area contributed by atoms with Crippen molar-refractivity contribution in [3.05, 3.63) is 59.7 Å². The van der Waals surface area contributed by atoms with Crippen LogP contribution in [0.1, 0.15) is 64.5 Å².